The van der Waals surface area contributed by atoms with Gasteiger partial charge in [-0.05, 0) is 54.6 Å². The highest BCUT2D eigenvalue weighted by molar-refractivity contribution is 5.99. The van der Waals surface area contributed by atoms with Gasteiger partial charge in [0.25, 0.3) is 17.7 Å². The van der Waals surface area contributed by atoms with Gasteiger partial charge in [0.1, 0.15) is 16.6 Å². The number of aromatic nitrogens is 9. The van der Waals surface area contributed by atoms with E-state index in [0.717, 1.165) is 11.0 Å². The fraction of sp³-hybridized carbons (Fsp3) is 0.160. The molecule has 0 saturated carbocycles. The highest BCUT2D eigenvalue weighted by atomic mass is 16.2. The highest BCUT2D eigenvalue weighted by Crippen LogP contribution is 2.14. The zero-order chi connectivity index (χ0) is 27.5. The van der Waals surface area contributed by atoms with Gasteiger partial charge in [-0.3, -0.25) is 29.7 Å². The van der Waals surface area contributed by atoms with E-state index in [2.05, 4.69) is 56.9 Å². The number of amides is 3. The molecule has 40 heavy (non-hydrogen) atoms. The standard InChI is InChI=1S/C25H22N12O3/c38-23(14-1-4-17-20(11-14)31-34-28-17)26-7-9-37(25(40)16-3-6-19-22(13-16)33-36-30-19)10-8-27-24(39)15-2-5-18-21(12-15)32-35-29-18/h1-6,11-13H,7-10H2,(H,26,38)(H,27,39)(H,28,31,34)(H,29,32,35)(H,30,33,36). The van der Waals surface area contributed by atoms with Crippen LogP contribution in [0, 0.1) is 0 Å². The first-order valence-corrected chi connectivity index (χ1v) is 12.3. The predicted octanol–water partition coefficient (Wildman–Crippen LogP) is 0.803. The van der Waals surface area contributed by atoms with Crippen LogP contribution in [0.2, 0.25) is 0 Å². The molecule has 15 nitrogen and oxygen atoms in total. The monoisotopic (exact) mass is 538 g/mol. The first-order chi connectivity index (χ1) is 19.5. The van der Waals surface area contributed by atoms with E-state index < -0.39 is 0 Å². The van der Waals surface area contributed by atoms with Crippen LogP contribution in [-0.4, -0.2) is 95.0 Å². The predicted molar refractivity (Wildman–Crippen MR) is 142 cm³/mol. The summed E-state index contributed by atoms with van der Waals surface area (Å²) in [5.74, 6) is -0.892. The molecular formula is C25H22N12O3. The molecular weight excluding hydrogens is 516 g/mol. The number of hydrogen-bond acceptors (Lipinski definition) is 9. The number of nitrogens with one attached hydrogen (secondary N) is 5. The molecule has 3 aromatic heterocycles. The zero-order valence-electron chi connectivity index (χ0n) is 20.9. The minimum Gasteiger partial charge on any atom is -0.350 e. The topological polar surface area (TPSA) is 203 Å². The summed E-state index contributed by atoms with van der Waals surface area (Å²) in [5, 5.41) is 37.0. The van der Waals surface area contributed by atoms with Gasteiger partial charge in [0.15, 0.2) is 0 Å². The third-order valence-electron chi connectivity index (χ3n) is 6.37. The Morgan fingerprint density at radius 1 is 0.600 bits per heavy atom. The minimum absolute atomic E-state index is 0.185. The van der Waals surface area contributed by atoms with Gasteiger partial charge >= 0.3 is 0 Å². The van der Waals surface area contributed by atoms with Crippen LogP contribution in [0.1, 0.15) is 31.1 Å². The number of fused-ring (bicyclic) bond motifs is 3. The summed E-state index contributed by atoms with van der Waals surface area (Å²) >= 11 is 0. The van der Waals surface area contributed by atoms with Gasteiger partial charge in [0.2, 0.25) is 0 Å². The summed E-state index contributed by atoms with van der Waals surface area (Å²) in [7, 11) is 0. The van der Waals surface area contributed by atoms with E-state index in [1.807, 2.05) is 0 Å². The second-order valence-electron chi connectivity index (χ2n) is 8.94. The van der Waals surface area contributed by atoms with Crippen molar-refractivity contribution in [2.24, 2.45) is 0 Å². The molecule has 0 aliphatic rings. The van der Waals surface area contributed by atoms with Gasteiger partial charge in [-0.2, -0.15) is 0 Å². The Bertz CT molecular complexity index is 1760. The van der Waals surface area contributed by atoms with Gasteiger partial charge in [-0.15, -0.1) is 15.3 Å². The van der Waals surface area contributed by atoms with Crippen molar-refractivity contribution in [2.75, 3.05) is 26.2 Å². The maximum atomic E-state index is 13.4. The van der Waals surface area contributed by atoms with Crippen molar-refractivity contribution in [2.45, 2.75) is 0 Å². The smallest absolute Gasteiger partial charge is 0.254 e. The van der Waals surface area contributed by atoms with Crippen LogP contribution in [0.3, 0.4) is 0 Å². The molecule has 6 aromatic rings. The number of rotatable bonds is 9. The third-order valence-corrected chi connectivity index (χ3v) is 6.37. The Balaban J connectivity index is 1.12. The summed E-state index contributed by atoms with van der Waals surface area (Å²) in [6.45, 7) is 0.775. The summed E-state index contributed by atoms with van der Waals surface area (Å²) in [5.41, 5.74) is 5.11. The van der Waals surface area contributed by atoms with Crippen molar-refractivity contribution < 1.29 is 14.4 Å². The molecule has 3 heterocycles. The largest absolute Gasteiger partial charge is 0.350 e. The Kier molecular flexibility index (Phi) is 6.50. The van der Waals surface area contributed by atoms with E-state index in [4.69, 9.17) is 0 Å². The Hall–Kier alpha value is -5.73. The average Bonchev–Trinajstić information content (AvgIpc) is 3.75. The molecule has 3 aromatic carbocycles. The molecule has 0 aliphatic carbocycles. The normalized spacial score (nSPS) is 11.2. The molecule has 0 saturated heterocycles. The van der Waals surface area contributed by atoms with Crippen LogP contribution in [0.5, 0.6) is 0 Å². The molecule has 6 rings (SSSR count). The molecule has 0 bridgehead atoms. The second-order valence-corrected chi connectivity index (χ2v) is 8.94. The summed E-state index contributed by atoms with van der Waals surface area (Å²) in [4.78, 5) is 40.4. The minimum atomic E-state index is -0.308. The lowest BCUT2D eigenvalue weighted by atomic mass is 10.1. The van der Waals surface area contributed by atoms with Crippen molar-refractivity contribution in [1.82, 2.24) is 61.8 Å². The average molecular weight is 539 g/mol. The van der Waals surface area contributed by atoms with E-state index in [0.29, 0.717) is 38.8 Å². The summed E-state index contributed by atoms with van der Waals surface area (Å²) in [6, 6.07) is 15.1. The van der Waals surface area contributed by atoms with E-state index >= 15 is 0 Å². The zero-order valence-corrected chi connectivity index (χ0v) is 20.9. The van der Waals surface area contributed by atoms with E-state index in [1.54, 1.807) is 59.5 Å². The van der Waals surface area contributed by atoms with Gasteiger partial charge in [0.05, 0.1) is 16.6 Å². The molecule has 0 unspecified atom stereocenters. The van der Waals surface area contributed by atoms with Gasteiger partial charge in [0, 0.05) is 42.9 Å². The number of carbonyl (C=O) groups excluding carboxylic acids is 3. The lowest BCUT2D eigenvalue weighted by molar-refractivity contribution is 0.0743. The van der Waals surface area contributed by atoms with Crippen molar-refractivity contribution in [1.29, 1.82) is 0 Å². The number of carbonyl (C=O) groups is 3. The van der Waals surface area contributed by atoms with Crippen molar-refractivity contribution in [3.63, 3.8) is 0 Å². The van der Waals surface area contributed by atoms with Crippen LogP contribution in [0.4, 0.5) is 0 Å². The molecule has 200 valence electrons. The van der Waals surface area contributed by atoms with Crippen LogP contribution in [-0.2, 0) is 0 Å². The van der Waals surface area contributed by atoms with Crippen molar-refractivity contribution in [3.8, 4) is 0 Å². The summed E-state index contributed by atoms with van der Waals surface area (Å²) in [6.07, 6.45) is 0. The Morgan fingerprint density at radius 3 is 1.45 bits per heavy atom. The summed E-state index contributed by atoms with van der Waals surface area (Å²) < 4.78 is 0. The molecule has 3 amide bonds. The Morgan fingerprint density at radius 2 is 1.00 bits per heavy atom. The van der Waals surface area contributed by atoms with Crippen molar-refractivity contribution in [3.05, 3.63) is 71.3 Å². The lowest BCUT2D eigenvalue weighted by Gasteiger charge is -2.23. The maximum Gasteiger partial charge on any atom is 0.254 e. The fourth-order valence-corrected chi connectivity index (χ4v) is 4.25. The first-order valence-electron chi connectivity index (χ1n) is 12.3. The van der Waals surface area contributed by atoms with Gasteiger partial charge < -0.3 is 15.5 Å². The van der Waals surface area contributed by atoms with Gasteiger partial charge in [-0.1, -0.05) is 15.6 Å². The second kappa shape index (κ2) is 10.6. The van der Waals surface area contributed by atoms with Gasteiger partial charge in [-0.25, -0.2) is 0 Å². The molecule has 0 spiro atoms. The fourth-order valence-electron chi connectivity index (χ4n) is 4.25. The van der Waals surface area contributed by atoms with E-state index in [-0.39, 0.29) is 43.9 Å². The molecule has 0 aliphatic heterocycles. The molecule has 0 fully saturated rings. The van der Waals surface area contributed by atoms with Crippen LogP contribution in [0.15, 0.2) is 54.6 Å². The van der Waals surface area contributed by atoms with Crippen LogP contribution >= 0.6 is 0 Å². The Labute approximate surface area is 224 Å². The number of H-pyrrole nitrogens is 3. The van der Waals surface area contributed by atoms with E-state index in [1.165, 1.54) is 0 Å². The quantitative estimate of drug-likeness (QED) is 0.176. The maximum absolute atomic E-state index is 13.4. The van der Waals surface area contributed by atoms with Crippen LogP contribution < -0.4 is 10.6 Å². The molecule has 15 heteroatoms. The molecule has 0 atom stereocenters. The first kappa shape index (κ1) is 24.6. The SMILES string of the molecule is O=C(NCCN(CCNC(=O)c1ccc2[nH]nnc2c1)C(=O)c1ccc2[nH]nnc2c1)c1ccc2[nH]nnc2c1. The number of nitrogens with zero attached hydrogens (tertiary/aromatic N) is 7. The third kappa shape index (κ3) is 5.02. The van der Waals surface area contributed by atoms with Crippen molar-refractivity contribution >= 4 is 50.8 Å². The molecule has 5 N–H and O–H groups in total. The molecule has 0 radical (unpaired) electrons. The van der Waals surface area contributed by atoms with E-state index in [9.17, 15) is 14.4 Å². The number of aromatic amines is 3. The van der Waals surface area contributed by atoms with Crippen LogP contribution in [0.25, 0.3) is 33.1 Å². The highest BCUT2D eigenvalue weighted by Gasteiger charge is 2.18. The number of hydrogen-bond donors (Lipinski definition) is 5. The number of benzene rings is 3. The lowest BCUT2D eigenvalue weighted by Crippen LogP contribution is -2.42.